The summed E-state index contributed by atoms with van der Waals surface area (Å²) in [5.41, 5.74) is 0.514. The van der Waals surface area contributed by atoms with E-state index in [0.29, 0.717) is 30.1 Å². The van der Waals surface area contributed by atoms with Crippen LogP contribution in [0.15, 0.2) is 28.8 Å². The van der Waals surface area contributed by atoms with Crippen LogP contribution >= 0.6 is 0 Å². The summed E-state index contributed by atoms with van der Waals surface area (Å²) in [5, 5.41) is 12.9. The van der Waals surface area contributed by atoms with Gasteiger partial charge in [0, 0.05) is 12.3 Å². The molecule has 0 amide bonds. The molecule has 2 aromatic rings. The van der Waals surface area contributed by atoms with Gasteiger partial charge in [0.1, 0.15) is 5.82 Å². The number of nitrogens with zero attached hydrogens (tertiary/aromatic N) is 2. The van der Waals surface area contributed by atoms with Crippen LogP contribution in [0, 0.1) is 11.7 Å². The zero-order valence-corrected chi connectivity index (χ0v) is 11.3. The molecule has 1 saturated carbocycles. The van der Waals surface area contributed by atoms with Crippen LogP contribution in [-0.4, -0.2) is 21.2 Å². The second-order valence-electron chi connectivity index (χ2n) is 5.36. The molecule has 1 fully saturated rings. The first-order valence-corrected chi connectivity index (χ1v) is 6.92. The molecule has 6 heteroatoms. The van der Waals surface area contributed by atoms with E-state index in [2.05, 4.69) is 10.1 Å². The van der Waals surface area contributed by atoms with Crippen LogP contribution < -0.4 is 0 Å². The summed E-state index contributed by atoms with van der Waals surface area (Å²) in [6.07, 6.45) is 2.16. The van der Waals surface area contributed by atoms with Gasteiger partial charge in [0.25, 0.3) is 0 Å². The molecule has 1 heterocycles. The predicted octanol–water partition coefficient (Wildman–Crippen LogP) is 2.77. The van der Waals surface area contributed by atoms with Crippen LogP contribution in [0.25, 0.3) is 0 Å². The average molecular weight is 290 g/mol. The lowest BCUT2D eigenvalue weighted by atomic mass is 10.1. The molecule has 1 aliphatic rings. The third-order valence-corrected chi connectivity index (χ3v) is 3.92. The highest BCUT2D eigenvalue weighted by Crippen LogP contribution is 2.37. The number of carboxylic acid groups (broad SMARTS) is 1. The van der Waals surface area contributed by atoms with Gasteiger partial charge < -0.3 is 9.63 Å². The third-order valence-electron chi connectivity index (χ3n) is 3.92. The van der Waals surface area contributed by atoms with Gasteiger partial charge >= 0.3 is 5.97 Å². The highest BCUT2D eigenvalue weighted by molar-refractivity contribution is 5.70. The Kier molecular flexibility index (Phi) is 3.68. The molecule has 1 aromatic heterocycles. The van der Waals surface area contributed by atoms with Gasteiger partial charge in [-0.25, -0.2) is 4.39 Å². The van der Waals surface area contributed by atoms with Crippen molar-refractivity contribution in [1.29, 1.82) is 0 Å². The number of aromatic nitrogens is 2. The number of carbonyl (C=O) groups is 1. The topological polar surface area (TPSA) is 76.2 Å². The zero-order valence-electron chi connectivity index (χ0n) is 11.3. The molecule has 0 radical (unpaired) electrons. The van der Waals surface area contributed by atoms with Crippen LogP contribution in [-0.2, 0) is 11.2 Å². The van der Waals surface area contributed by atoms with Gasteiger partial charge in [-0.1, -0.05) is 23.4 Å². The van der Waals surface area contributed by atoms with E-state index in [0.717, 1.165) is 6.42 Å². The van der Waals surface area contributed by atoms with Crippen LogP contribution in [0.4, 0.5) is 4.39 Å². The lowest BCUT2D eigenvalue weighted by Gasteiger charge is -2.02. The fourth-order valence-electron chi connectivity index (χ4n) is 2.75. The van der Waals surface area contributed by atoms with E-state index in [1.54, 1.807) is 18.2 Å². The minimum atomic E-state index is -0.774. The summed E-state index contributed by atoms with van der Waals surface area (Å²) in [4.78, 5) is 15.2. The number of aliphatic carboxylic acids is 1. The molecule has 110 valence electrons. The first-order valence-electron chi connectivity index (χ1n) is 6.92. The second kappa shape index (κ2) is 5.63. The molecule has 21 heavy (non-hydrogen) atoms. The van der Waals surface area contributed by atoms with Crippen molar-refractivity contribution in [3.05, 3.63) is 47.4 Å². The Hall–Kier alpha value is -2.24. The summed E-state index contributed by atoms with van der Waals surface area (Å²) in [6.45, 7) is 0. The van der Waals surface area contributed by atoms with Crippen LogP contribution in [0.1, 0.15) is 42.5 Å². The lowest BCUT2D eigenvalue weighted by molar-refractivity contribution is -0.141. The van der Waals surface area contributed by atoms with Crippen LogP contribution in [0.3, 0.4) is 0 Å². The van der Waals surface area contributed by atoms with Crippen molar-refractivity contribution >= 4 is 5.97 Å². The first kappa shape index (κ1) is 13.7. The molecule has 5 nitrogen and oxygen atoms in total. The van der Waals surface area contributed by atoms with Crippen molar-refractivity contribution in [3.8, 4) is 0 Å². The fourth-order valence-corrected chi connectivity index (χ4v) is 2.75. The molecule has 1 aliphatic carbocycles. The number of carboxylic acids is 1. The van der Waals surface area contributed by atoms with E-state index in [9.17, 15) is 9.18 Å². The number of hydrogen-bond donors (Lipinski definition) is 1. The smallest absolute Gasteiger partial charge is 0.306 e. The molecule has 0 aliphatic heterocycles. The normalized spacial score (nSPS) is 21.6. The summed E-state index contributed by atoms with van der Waals surface area (Å²) < 4.78 is 18.8. The predicted molar refractivity (Wildman–Crippen MR) is 71.2 cm³/mol. The van der Waals surface area contributed by atoms with Crippen molar-refractivity contribution in [2.45, 2.75) is 31.6 Å². The molecule has 0 bridgehead atoms. The Morgan fingerprint density at radius 1 is 1.38 bits per heavy atom. The average Bonchev–Trinajstić information content (AvgIpc) is 3.10. The van der Waals surface area contributed by atoms with Crippen LogP contribution in [0.2, 0.25) is 0 Å². The summed E-state index contributed by atoms with van der Waals surface area (Å²) in [7, 11) is 0. The highest BCUT2D eigenvalue weighted by Gasteiger charge is 2.33. The van der Waals surface area contributed by atoms with Crippen molar-refractivity contribution in [2.75, 3.05) is 0 Å². The molecule has 0 saturated heterocycles. The Balaban J connectivity index is 1.70. The molecule has 2 atom stereocenters. The quantitative estimate of drug-likeness (QED) is 0.937. The van der Waals surface area contributed by atoms with Gasteiger partial charge in [0.2, 0.25) is 5.89 Å². The molecular weight excluding hydrogens is 275 g/mol. The van der Waals surface area contributed by atoms with Gasteiger partial charge in [-0.15, -0.1) is 0 Å². The molecular formula is C15H15FN2O3. The number of halogens is 1. The largest absolute Gasteiger partial charge is 0.481 e. The maximum atomic E-state index is 13.6. The Labute approximate surface area is 120 Å². The van der Waals surface area contributed by atoms with E-state index in [1.807, 2.05) is 0 Å². The van der Waals surface area contributed by atoms with Gasteiger partial charge in [-0.3, -0.25) is 4.79 Å². The van der Waals surface area contributed by atoms with E-state index < -0.39 is 5.97 Å². The molecule has 1 N–H and O–H groups in total. The Morgan fingerprint density at radius 3 is 2.90 bits per heavy atom. The first-order chi connectivity index (χ1) is 10.1. The van der Waals surface area contributed by atoms with Crippen molar-refractivity contribution in [2.24, 2.45) is 5.92 Å². The van der Waals surface area contributed by atoms with Crippen molar-refractivity contribution in [3.63, 3.8) is 0 Å². The summed E-state index contributed by atoms with van der Waals surface area (Å²) >= 11 is 0. The molecule has 1 aromatic carbocycles. The SMILES string of the molecule is O=C(O)C1CCC(c2nc(Cc3ccccc3F)no2)C1. The lowest BCUT2D eigenvalue weighted by Crippen LogP contribution is -2.09. The standard InChI is InChI=1S/C15H15FN2O3/c16-12-4-2-1-3-9(12)8-13-17-14(21-18-13)10-5-6-11(7-10)15(19)20/h1-4,10-11H,5-8H2,(H,19,20). The van der Waals surface area contributed by atoms with Gasteiger partial charge in [-0.05, 0) is 30.9 Å². The second-order valence-corrected chi connectivity index (χ2v) is 5.36. The Morgan fingerprint density at radius 2 is 2.19 bits per heavy atom. The monoisotopic (exact) mass is 290 g/mol. The number of hydrogen-bond acceptors (Lipinski definition) is 4. The van der Waals surface area contributed by atoms with Crippen molar-refractivity contribution in [1.82, 2.24) is 10.1 Å². The number of rotatable bonds is 4. The van der Waals surface area contributed by atoms with E-state index in [-0.39, 0.29) is 24.1 Å². The van der Waals surface area contributed by atoms with Gasteiger partial charge in [0.05, 0.1) is 5.92 Å². The molecule has 0 spiro atoms. The minimum Gasteiger partial charge on any atom is -0.481 e. The highest BCUT2D eigenvalue weighted by atomic mass is 19.1. The molecule has 2 unspecified atom stereocenters. The third kappa shape index (κ3) is 2.94. The Bertz CT molecular complexity index is 656. The summed E-state index contributed by atoms with van der Waals surface area (Å²) in [5.74, 6) is -0.525. The van der Waals surface area contributed by atoms with Gasteiger partial charge in [0.15, 0.2) is 5.82 Å². The van der Waals surface area contributed by atoms with Gasteiger partial charge in [-0.2, -0.15) is 4.98 Å². The fraction of sp³-hybridized carbons (Fsp3) is 0.400. The maximum Gasteiger partial charge on any atom is 0.306 e. The maximum absolute atomic E-state index is 13.6. The minimum absolute atomic E-state index is 0.00651. The summed E-state index contributed by atoms with van der Waals surface area (Å²) in [6, 6.07) is 6.46. The van der Waals surface area contributed by atoms with Crippen molar-refractivity contribution < 1.29 is 18.8 Å². The zero-order chi connectivity index (χ0) is 14.8. The number of benzene rings is 1. The molecule has 3 rings (SSSR count). The van der Waals surface area contributed by atoms with E-state index in [4.69, 9.17) is 9.63 Å². The van der Waals surface area contributed by atoms with Crippen LogP contribution in [0.5, 0.6) is 0 Å². The van der Waals surface area contributed by atoms with E-state index in [1.165, 1.54) is 6.07 Å². The van der Waals surface area contributed by atoms with E-state index >= 15 is 0 Å².